The van der Waals surface area contributed by atoms with E-state index in [0.717, 1.165) is 6.54 Å². The molecule has 1 N–H and O–H groups in total. The Bertz CT molecular complexity index is 250. The molecule has 0 aliphatic carbocycles. The summed E-state index contributed by atoms with van der Waals surface area (Å²) >= 11 is 0. The molecule has 0 aromatic heterocycles. The number of hydrogen-bond donors (Lipinski definition) is 1. The molecule has 1 aliphatic rings. The molecule has 114 valence electrons. The van der Waals surface area contributed by atoms with E-state index in [2.05, 4.69) is 44.8 Å². The van der Waals surface area contributed by atoms with Crippen molar-refractivity contribution >= 4 is 0 Å². The summed E-state index contributed by atoms with van der Waals surface area (Å²) in [5.74, 6) is 0. The van der Waals surface area contributed by atoms with Gasteiger partial charge in [-0.1, -0.05) is 46.0 Å². The van der Waals surface area contributed by atoms with E-state index in [1.165, 1.54) is 58.0 Å². The van der Waals surface area contributed by atoms with E-state index < -0.39 is 0 Å². The maximum Gasteiger partial charge on any atom is 0.0278 e. The first kappa shape index (κ1) is 17.0. The third-order valence-corrected chi connectivity index (χ3v) is 4.91. The number of nitrogens with one attached hydrogen (secondary N) is 1. The predicted octanol–water partition coefficient (Wildman–Crippen LogP) is 4.20. The van der Waals surface area contributed by atoms with E-state index in [4.69, 9.17) is 0 Å². The normalized spacial score (nSPS) is 27.6. The summed E-state index contributed by atoms with van der Waals surface area (Å²) in [6.45, 7) is 15.3. The predicted molar refractivity (Wildman–Crippen MR) is 85.7 cm³/mol. The second-order valence-electron chi connectivity index (χ2n) is 7.27. The van der Waals surface area contributed by atoms with E-state index in [0.29, 0.717) is 11.1 Å². The van der Waals surface area contributed by atoms with Crippen LogP contribution in [0.2, 0.25) is 0 Å². The second kappa shape index (κ2) is 7.64. The highest BCUT2D eigenvalue weighted by Crippen LogP contribution is 2.26. The minimum Gasteiger partial charge on any atom is -0.308 e. The van der Waals surface area contributed by atoms with Gasteiger partial charge in [0.1, 0.15) is 0 Å². The Morgan fingerprint density at radius 3 is 2.21 bits per heavy atom. The highest BCUT2D eigenvalue weighted by Gasteiger charge is 2.38. The van der Waals surface area contributed by atoms with Crippen LogP contribution in [0.3, 0.4) is 0 Å². The summed E-state index contributed by atoms with van der Waals surface area (Å²) in [5, 5.41) is 3.74. The molecule has 0 radical (unpaired) electrons. The lowest BCUT2D eigenvalue weighted by Crippen LogP contribution is -2.66. The Labute approximate surface area is 121 Å². The number of piperazine rings is 1. The zero-order valence-electron chi connectivity index (χ0n) is 14.0. The summed E-state index contributed by atoms with van der Waals surface area (Å²) in [7, 11) is 0. The molecular weight excluding hydrogens is 232 g/mol. The number of unbranched alkanes of at least 4 members (excludes halogenated alkanes) is 5. The summed E-state index contributed by atoms with van der Waals surface area (Å²) in [6.07, 6.45) is 9.60. The highest BCUT2D eigenvalue weighted by atomic mass is 15.3. The Morgan fingerprint density at radius 2 is 1.58 bits per heavy atom. The van der Waals surface area contributed by atoms with Crippen LogP contribution in [0.15, 0.2) is 0 Å². The van der Waals surface area contributed by atoms with Crippen molar-refractivity contribution in [2.75, 3.05) is 19.6 Å². The molecule has 1 rings (SSSR count). The van der Waals surface area contributed by atoms with E-state index in [9.17, 15) is 0 Å². The van der Waals surface area contributed by atoms with Crippen molar-refractivity contribution in [1.29, 1.82) is 0 Å². The summed E-state index contributed by atoms with van der Waals surface area (Å²) in [4.78, 5) is 2.72. The van der Waals surface area contributed by atoms with Gasteiger partial charge in [0.15, 0.2) is 0 Å². The topological polar surface area (TPSA) is 15.3 Å². The van der Waals surface area contributed by atoms with Crippen molar-refractivity contribution in [2.45, 2.75) is 90.6 Å². The lowest BCUT2D eigenvalue weighted by molar-refractivity contribution is 0.0300. The van der Waals surface area contributed by atoms with Crippen LogP contribution in [0.25, 0.3) is 0 Å². The molecule has 19 heavy (non-hydrogen) atoms. The number of hydrogen-bond acceptors (Lipinski definition) is 2. The Balaban J connectivity index is 2.32. The van der Waals surface area contributed by atoms with Crippen molar-refractivity contribution in [3.05, 3.63) is 0 Å². The van der Waals surface area contributed by atoms with Gasteiger partial charge in [0.2, 0.25) is 0 Å². The molecule has 0 amide bonds. The minimum absolute atomic E-state index is 0.317. The number of nitrogens with zero attached hydrogens (tertiary/aromatic N) is 1. The molecule has 1 saturated heterocycles. The maximum atomic E-state index is 3.74. The van der Waals surface area contributed by atoms with E-state index in [-0.39, 0.29) is 0 Å². The third kappa shape index (κ3) is 5.43. The summed E-state index contributed by atoms with van der Waals surface area (Å²) < 4.78 is 0. The smallest absolute Gasteiger partial charge is 0.0278 e. The van der Waals surface area contributed by atoms with E-state index in [1.54, 1.807) is 0 Å². The molecule has 0 aromatic rings. The number of rotatable bonds is 8. The lowest BCUT2D eigenvalue weighted by Gasteiger charge is -2.51. The monoisotopic (exact) mass is 268 g/mol. The van der Waals surface area contributed by atoms with E-state index in [1.807, 2.05) is 0 Å². The van der Waals surface area contributed by atoms with Crippen LogP contribution in [0.1, 0.15) is 79.6 Å². The molecule has 1 heterocycles. The van der Waals surface area contributed by atoms with Crippen LogP contribution in [-0.2, 0) is 0 Å². The molecule has 1 fully saturated rings. The van der Waals surface area contributed by atoms with E-state index >= 15 is 0 Å². The molecule has 0 spiro atoms. The first-order valence-electron chi connectivity index (χ1n) is 8.43. The van der Waals surface area contributed by atoms with Gasteiger partial charge < -0.3 is 5.32 Å². The van der Waals surface area contributed by atoms with Gasteiger partial charge in [-0.3, -0.25) is 4.90 Å². The van der Waals surface area contributed by atoms with Crippen molar-refractivity contribution in [3.8, 4) is 0 Å². The fourth-order valence-electron chi connectivity index (χ4n) is 2.93. The average Bonchev–Trinajstić information content (AvgIpc) is 2.38. The van der Waals surface area contributed by atoms with Crippen LogP contribution in [0.4, 0.5) is 0 Å². The second-order valence-corrected chi connectivity index (χ2v) is 7.27. The van der Waals surface area contributed by atoms with Gasteiger partial charge in [-0.2, -0.15) is 0 Å². The molecule has 2 heteroatoms. The van der Waals surface area contributed by atoms with Gasteiger partial charge in [-0.25, -0.2) is 0 Å². The van der Waals surface area contributed by atoms with Gasteiger partial charge in [0.25, 0.3) is 0 Å². The molecule has 1 atom stereocenters. The highest BCUT2D eigenvalue weighted by molar-refractivity contribution is 4.98. The Kier molecular flexibility index (Phi) is 6.82. The van der Waals surface area contributed by atoms with Crippen LogP contribution in [0, 0.1) is 0 Å². The average molecular weight is 268 g/mol. The Morgan fingerprint density at radius 1 is 0.947 bits per heavy atom. The van der Waals surface area contributed by atoms with Gasteiger partial charge >= 0.3 is 0 Å². The first-order valence-corrected chi connectivity index (χ1v) is 8.43. The SMILES string of the molecule is CCCCCCCCN1CC(C)(CC)NCC1(C)C. The van der Waals surface area contributed by atoms with Crippen molar-refractivity contribution < 1.29 is 0 Å². The molecule has 1 unspecified atom stereocenters. The van der Waals surface area contributed by atoms with Crippen molar-refractivity contribution in [1.82, 2.24) is 10.2 Å². The van der Waals surface area contributed by atoms with Crippen molar-refractivity contribution in [3.63, 3.8) is 0 Å². The van der Waals surface area contributed by atoms with Crippen LogP contribution in [0.5, 0.6) is 0 Å². The summed E-state index contributed by atoms with van der Waals surface area (Å²) in [6, 6.07) is 0. The molecule has 0 saturated carbocycles. The third-order valence-electron chi connectivity index (χ3n) is 4.91. The van der Waals surface area contributed by atoms with Gasteiger partial charge in [0.05, 0.1) is 0 Å². The molecule has 1 aliphatic heterocycles. The lowest BCUT2D eigenvalue weighted by atomic mass is 9.88. The molecule has 0 aromatic carbocycles. The molecular formula is C17H36N2. The van der Waals surface area contributed by atoms with Gasteiger partial charge in [-0.15, -0.1) is 0 Å². The fraction of sp³-hybridized carbons (Fsp3) is 1.00. The largest absolute Gasteiger partial charge is 0.308 e. The van der Waals surface area contributed by atoms with Gasteiger partial charge in [-0.05, 0) is 40.2 Å². The Hall–Kier alpha value is -0.0800. The van der Waals surface area contributed by atoms with Crippen LogP contribution in [-0.4, -0.2) is 35.6 Å². The zero-order valence-corrected chi connectivity index (χ0v) is 14.0. The zero-order chi connectivity index (χ0) is 14.4. The van der Waals surface area contributed by atoms with Gasteiger partial charge in [0, 0.05) is 24.2 Å². The summed E-state index contributed by atoms with van der Waals surface area (Å²) in [5.41, 5.74) is 0.635. The standard InChI is InChI=1S/C17H36N2/c1-6-8-9-10-11-12-13-19-15-17(5,7-2)18-14-16(19,3)4/h18H,6-15H2,1-5H3. The quantitative estimate of drug-likeness (QED) is 0.664. The molecule has 0 bridgehead atoms. The van der Waals surface area contributed by atoms with Crippen LogP contribution < -0.4 is 5.32 Å². The first-order chi connectivity index (χ1) is 8.93. The fourth-order valence-corrected chi connectivity index (χ4v) is 2.93. The van der Waals surface area contributed by atoms with Crippen molar-refractivity contribution in [2.24, 2.45) is 0 Å². The molecule has 2 nitrogen and oxygen atoms in total. The van der Waals surface area contributed by atoms with Crippen LogP contribution >= 0.6 is 0 Å². The maximum absolute atomic E-state index is 3.74. The minimum atomic E-state index is 0.317.